The third-order valence-electron chi connectivity index (χ3n) is 7.02. The quantitative estimate of drug-likeness (QED) is 0.0981. The number of nitrogens with one attached hydrogen (secondary N) is 1. The van der Waals surface area contributed by atoms with Gasteiger partial charge < -0.3 is 15.5 Å². The molecule has 0 spiro atoms. The molecule has 4 heteroatoms. The summed E-state index contributed by atoms with van der Waals surface area (Å²) in [7, 11) is 0. The molecule has 0 rings (SSSR count). The topological polar surface area (TPSA) is 69.6 Å². The van der Waals surface area contributed by atoms with Crippen LogP contribution in [0.3, 0.4) is 0 Å². The molecule has 1 atom stereocenters. The summed E-state index contributed by atoms with van der Waals surface area (Å²) in [4.78, 5) is 11.7. The minimum Gasteiger partial charge on any atom is -0.396 e. The van der Waals surface area contributed by atoms with Crippen molar-refractivity contribution >= 4 is 5.91 Å². The van der Waals surface area contributed by atoms with Gasteiger partial charge in [-0.25, -0.2) is 0 Å². The smallest absolute Gasteiger partial charge is 0.220 e. The molecule has 0 saturated heterocycles. The summed E-state index contributed by atoms with van der Waals surface area (Å²) in [6.45, 7) is 3.01. The third kappa shape index (κ3) is 27.6. The van der Waals surface area contributed by atoms with Crippen LogP contribution in [0.25, 0.3) is 0 Å². The van der Waals surface area contributed by atoms with Crippen LogP contribution in [-0.2, 0) is 4.79 Å². The highest BCUT2D eigenvalue weighted by atomic mass is 16.3. The number of rotatable bonds is 28. The van der Waals surface area contributed by atoms with Crippen molar-refractivity contribution in [1.82, 2.24) is 5.32 Å². The highest BCUT2D eigenvalue weighted by molar-refractivity contribution is 5.75. The van der Waals surface area contributed by atoms with E-state index >= 15 is 0 Å². The van der Waals surface area contributed by atoms with Crippen molar-refractivity contribution in [1.29, 1.82) is 0 Å². The van der Waals surface area contributed by atoms with E-state index < -0.39 is 6.10 Å². The maximum absolute atomic E-state index is 11.7. The lowest BCUT2D eigenvalue weighted by molar-refractivity contribution is -0.121. The van der Waals surface area contributed by atoms with E-state index in [2.05, 4.69) is 12.2 Å². The van der Waals surface area contributed by atoms with Crippen LogP contribution in [0.4, 0.5) is 0 Å². The van der Waals surface area contributed by atoms with Crippen molar-refractivity contribution in [3.8, 4) is 0 Å². The first-order valence-corrected chi connectivity index (χ1v) is 15.3. The number of hydrogen-bond donors (Lipinski definition) is 3. The average molecular weight is 484 g/mol. The zero-order valence-electron chi connectivity index (χ0n) is 23.0. The molecule has 1 amide bonds. The van der Waals surface area contributed by atoms with E-state index in [-0.39, 0.29) is 12.5 Å². The van der Waals surface area contributed by atoms with Gasteiger partial charge in [-0.2, -0.15) is 0 Å². The van der Waals surface area contributed by atoms with Gasteiger partial charge in [0.05, 0.1) is 6.10 Å². The molecule has 0 unspecified atom stereocenters. The summed E-state index contributed by atoms with van der Waals surface area (Å²) in [6, 6.07) is 0. The van der Waals surface area contributed by atoms with Gasteiger partial charge >= 0.3 is 0 Å². The summed E-state index contributed by atoms with van der Waals surface area (Å²) in [5, 5.41) is 21.2. The zero-order valence-corrected chi connectivity index (χ0v) is 23.0. The summed E-state index contributed by atoms with van der Waals surface area (Å²) in [5.41, 5.74) is 0. The van der Waals surface area contributed by atoms with Crippen LogP contribution in [-0.4, -0.2) is 35.4 Å². The second-order valence-electron chi connectivity index (χ2n) is 10.5. The Bertz CT molecular complexity index is 403. The normalized spacial score (nSPS) is 12.2. The zero-order chi connectivity index (χ0) is 25.0. The number of carbonyl (C=O) groups is 1. The highest BCUT2D eigenvalue weighted by Crippen LogP contribution is 2.15. The van der Waals surface area contributed by atoms with Crippen molar-refractivity contribution in [2.75, 3.05) is 13.2 Å². The van der Waals surface area contributed by atoms with Crippen molar-refractivity contribution in [2.24, 2.45) is 0 Å². The fourth-order valence-electron chi connectivity index (χ4n) is 4.64. The Morgan fingerprint density at radius 2 is 0.941 bits per heavy atom. The standard InChI is InChI=1S/C30H61NO3/c1-2-3-4-5-6-7-8-9-10-11-12-13-14-15-16-17-18-19-20-21-22-23-27-31-30(34)25-24-29(33)26-28-32/h29,32-33H,2-28H2,1H3,(H,31,34)/t29-/m0/s1. The van der Waals surface area contributed by atoms with Crippen molar-refractivity contribution < 1.29 is 15.0 Å². The molecule has 0 aromatic rings. The third-order valence-corrected chi connectivity index (χ3v) is 7.02. The van der Waals surface area contributed by atoms with Crippen LogP contribution in [0.2, 0.25) is 0 Å². The lowest BCUT2D eigenvalue weighted by Gasteiger charge is -2.09. The Kier molecular flexibility index (Phi) is 28.1. The van der Waals surface area contributed by atoms with Crippen LogP contribution < -0.4 is 5.32 Å². The fraction of sp³-hybridized carbons (Fsp3) is 0.967. The largest absolute Gasteiger partial charge is 0.396 e. The number of amides is 1. The lowest BCUT2D eigenvalue weighted by Crippen LogP contribution is -2.25. The molecule has 0 heterocycles. The van der Waals surface area contributed by atoms with E-state index in [0.29, 0.717) is 19.3 Å². The van der Waals surface area contributed by atoms with Crippen LogP contribution in [0.15, 0.2) is 0 Å². The highest BCUT2D eigenvalue weighted by Gasteiger charge is 2.07. The van der Waals surface area contributed by atoms with Gasteiger partial charge in [0.2, 0.25) is 5.91 Å². The number of carbonyl (C=O) groups excluding carboxylic acids is 1. The SMILES string of the molecule is CCCCCCCCCCCCCCCCCCCCCCCCNC(=O)CC[C@H](O)CCO. The average Bonchev–Trinajstić information content (AvgIpc) is 2.83. The van der Waals surface area contributed by atoms with E-state index in [9.17, 15) is 9.90 Å². The summed E-state index contributed by atoms with van der Waals surface area (Å²) in [6.07, 6.45) is 31.1. The van der Waals surface area contributed by atoms with Gasteiger partial charge in [0.15, 0.2) is 0 Å². The van der Waals surface area contributed by atoms with E-state index in [1.54, 1.807) is 0 Å². The predicted octanol–water partition coefficient (Wildman–Crippen LogP) is 8.23. The number of unbranched alkanes of at least 4 members (excludes halogenated alkanes) is 21. The molecule has 0 aromatic heterocycles. The first-order chi connectivity index (χ1) is 16.7. The minimum absolute atomic E-state index is 0.0143. The summed E-state index contributed by atoms with van der Waals surface area (Å²) >= 11 is 0. The van der Waals surface area contributed by atoms with Crippen LogP contribution in [0.5, 0.6) is 0 Å². The molecule has 204 valence electrons. The van der Waals surface area contributed by atoms with Crippen molar-refractivity contribution in [3.63, 3.8) is 0 Å². The van der Waals surface area contributed by atoms with E-state index in [0.717, 1.165) is 13.0 Å². The van der Waals surface area contributed by atoms with Crippen molar-refractivity contribution in [3.05, 3.63) is 0 Å². The molecule has 0 aliphatic rings. The maximum Gasteiger partial charge on any atom is 0.220 e. The van der Waals surface area contributed by atoms with Crippen LogP contribution in [0, 0.1) is 0 Å². The van der Waals surface area contributed by atoms with Gasteiger partial charge in [-0.1, -0.05) is 142 Å². The molecule has 0 fully saturated rings. The molecule has 0 saturated carbocycles. The molecular formula is C30H61NO3. The van der Waals surface area contributed by atoms with Crippen LogP contribution in [0.1, 0.15) is 167 Å². The van der Waals surface area contributed by atoms with Gasteiger partial charge in [-0.3, -0.25) is 4.79 Å². The lowest BCUT2D eigenvalue weighted by atomic mass is 10.0. The molecule has 0 aromatic carbocycles. The van der Waals surface area contributed by atoms with Gasteiger partial charge in [0.1, 0.15) is 0 Å². The maximum atomic E-state index is 11.7. The Hall–Kier alpha value is -0.610. The van der Waals surface area contributed by atoms with Gasteiger partial charge in [0, 0.05) is 19.6 Å². The number of hydrogen-bond acceptors (Lipinski definition) is 3. The van der Waals surface area contributed by atoms with E-state index in [1.807, 2.05) is 0 Å². The molecule has 0 radical (unpaired) electrons. The van der Waals surface area contributed by atoms with Crippen LogP contribution >= 0.6 is 0 Å². The second kappa shape index (κ2) is 28.6. The second-order valence-corrected chi connectivity index (χ2v) is 10.5. The molecule has 0 aliphatic carbocycles. The number of aliphatic hydroxyl groups is 2. The first-order valence-electron chi connectivity index (χ1n) is 15.3. The molecule has 0 bridgehead atoms. The van der Waals surface area contributed by atoms with Gasteiger partial charge in [-0.15, -0.1) is 0 Å². The molecule has 4 nitrogen and oxygen atoms in total. The Morgan fingerprint density at radius 1 is 0.588 bits per heavy atom. The molecule has 0 aliphatic heterocycles. The fourth-order valence-corrected chi connectivity index (χ4v) is 4.64. The van der Waals surface area contributed by atoms with Crippen molar-refractivity contribution in [2.45, 2.75) is 174 Å². The van der Waals surface area contributed by atoms with E-state index in [1.165, 1.54) is 135 Å². The van der Waals surface area contributed by atoms with E-state index in [4.69, 9.17) is 5.11 Å². The Balaban J connectivity index is 3.12. The predicted molar refractivity (Wildman–Crippen MR) is 147 cm³/mol. The first kappa shape index (κ1) is 33.4. The Labute approximate surface area is 213 Å². The molecular weight excluding hydrogens is 422 g/mol. The number of aliphatic hydroxyl groups excluding tert-OH is 2. The Morgan fingerprint density at radius 3 is 1.29 bits per heavy atom. The summed E-state index contributed by atoms with van der Waals surface area (Å²) < 4.78 is 0. The minimum atomic E-state index is -0.565. The monoisotopic (exact) mass is 483 g/mol. The summed E-state index contributed by atoms with van der Waals surface area (Å²) in [5.74, 6) is 0.0143. The molecule has 3 N–H and O–H groups in total. The van der Waals surface area contributed by atoms with Gasteiger partial charge in [0.25, 0.3) is 0 Å². The van der Waals surface area contributed by atoms with Gasteiger partial charge in [-0.05, 0) is 19.3 Å². The molecule has 34 heavy (non-hydrogen) atoms.